The molecular weight excluding hydrogens is 178 g/mol. The molecule has 0 aromatic carbocycles. The minimum absolute atomic E-state index is 0.236. The van der Waals surface area contributed by atoms with E-state index >= 15 is 0 Å². The Balaban J connectivity index is 4.49. The normalized spacial score (nSPS) is 13.4. The average Bonchev–Trinajstić information content (AvgIpc) is 1.60. The lowest BCUT2D eigenvalue weighted by Gasteiger charge is -1.98. The second-order valence-electron chi connectivity index (χ2n) is 1.76. The molecule has 0 radical (unpaired) electrons. The molecule has 0 saturated carbocycles. The number of rotatable bonds is 3. The smallest absolute Gasteiger partial charge is 0.212 e. The van der Waals surface area contributed by atoms with Crippen molar-refractivity contribution in [3.8, 4) is 0 Å². The molecule has 0 atom stereocenters. The average molecular weight is 187 g/mol. The van der Waals surface area contributed by atoms with Crippen molar-refractivity contribution in [1.82, 2.24) is 4.13 Å². The van der Waals surface area contributed by atoms with Crippen molar-refractivity contribution in [2.24, 2.45) is 0 Å². The Morgan fingerprint density at radius 2 is 1.60 bits per heavy atom. The number of nitrogens with one attached hydrogen (secondary N) is 1. The van der Waals surface area contributed by atoms with Crippen molar-refractivity contribution >= 4 is 20.0 Å². The topological polar surface area (TPSA) is 80.3 Å². The van der Waals surface area contributed by atoms with Gasteiger partial charge in [0.25, 0.3) is 0 Å². The highest BCUT2D eigenvalue weighted by Gasteiger charge is 2.12. The first kappa shape index (κ1) is 9.86. The van der Waals surface area contributed by atoms with E-state index in [1.54, 1.807) is 0 Å². The molecule has 0 aliphatic carbocycles. The predicted octanol–water partition coefficient (Wildman–Crippen LogP) is -1.11. The van der Waals surface area contributed by atoms with E-state index in [9.17, 15) is 16.8 Å². The lowest BCUT2D eigenvalue weighted by molar-refractivity contribution is 0.581. The molecule has 1 N–H and O–H groups in total. The zero-order valence-corrected chi connectivity index (χ0v) is 7.29. The van der Waals surface area contributed by atoms with Gasteiger partial charge in [0.2, 0.25) is 20.0 Å². The maximum atomic E-state index is 10.5. The van der Waals surface area contributed by atoms with Crippen molar-refractivity contribution in [2.45, 2.75) is 6.92 Å². The predicted molar refractivity (Wildman–Crippen MR) is 37.4 cm³/mol. The van der Waals surface area contributed by atoms with Gasteiger partial charge in [-0.2, -0.15) is 0 Å². The molecule has 0 unspecified atom stereocenters. The molecule has 7 heteroatoms. The fraction of sp³-hybridized carbons (Fsp3) is 1.00. The van der Waals surface area contributed by atoms with Crippen LogP contribution in [0, 0.1) is 0 Å². The summed E-state index contributed by atoms with van der Waals surface area (Å²) in [7, 11) is -7.25. The van der Waals surface area contributed by atoms with Crippen LogP contribution in [0.1, 0.15) is 6.92 Å². The number of hydrogen-bond acceptors (Lipinski definition) is 4. The molecule has 10 heavy (non-hydrogen) atoms. The SMILES string of the molecule is CCS(=O)(=O)NS(C)(=O)=O. The summed E-state index contributed by atoms with van der Waals surface area (Å²) < 4.78 is 43.2. The van der Waals surface area contributed by atoms with Gasteiger partial charge in [0.05, 0.1) is 12.0 Å². The van der Waals surface area contributed by atoms with Crippen molar-refractivity contribution in [3.63, 3.8) is 0 Å². The van der Waals surface area contributed by atoms with Crippen molar-refractivity contribution in [3.05, 3.63) is 0 Å². The molecule has 0 heterocycles. The van der Waals surface area contributed by atoms with Crippen LogP contribution in [-0.2, 0) is 20.0 Å². The summed E-state index contributed by atoms with van der Waals surface area (Å²) in [6.07, 6.45) is 0.792. The van der Waals surface area contributed by atoms with Crippen molar-refractivity contribution < 1.29 is 16.8 Å². The molecule has 0 aromatic heterocycles. The summed E-state index contributed by atoms with van der Waals surface area (Å²) in [4.78, 5) is 0. The Morgan fingerprint density at radius 1 is 1.20 bits per heavy atom. The minimum atomic E-state index is -3.63. The van der Waals surface area contributed by atoms with E-state index in [1.807, 2.05) is 0 Å². The molecule has 0 saturated heterocycles. The summed E-state index contributed by atoms with van der Waals surface area (Å²) in [5.74, 6) is -0.236. The largest absolute Gasteiger partial charge is 0.224 e. The zero-order valence-electron chi connectivity index (χ0n) is 5.66. The molecule has 0 aromatic rings. The van der Waals surface area contributed by atoms with Crippen LogP contribution in [0.2, 0.25) is 0 Å². The first-order valence-electron chi connectivity index (χ1n) is 2.48. The minimum Gasteiger partial charge on any atom is -0.212 e. The highest BCUT2D eigenvalue weighted by molar-refractivity contribution is 8.04. The van der Waals surface area contributed by atoms with Gasteiger partial charge in [-0.15, -0.1) is 4.13 Å². The van der Waals surface area contributed by atoms with E-state index in [4.69, 9.17) is 0 Å². The third-order valence-corrected chi connectivity index (χ3v) is 3.65. The van der Waals surface area contributed by atoms with Crippen LogP contribution in [0.15, 0.2) is 0 Å². The van der Waals surface area contributed by atoms with Crippen LogP contribution in [0.5, 0.6) is 0 Å². The molecule has 0 spiro atoms. The molecule has 62 valence electrons. The quantitative estimate of drug-likeness (QED) is 0.607. The number of sulfonamides is 2. The summed E-state index contributed by atoms with van der Waals surface area (Å²) >= 11 is 0. The molecular formula is C3H9NO4S2. The first-order chi connectivity index (χ1) is 4.27. The van der Waals surface area contributed by atoms with Gasteiger partial charge in [0.1, 0.15) is 0 Å². The Morgan fingerprint density at radius 3 is 1.70 bits per heavy atom. The molecule has 0 amide bonds. The fourth-order valence-electron chi connectivity index (χ4n) is 0.290. The zero-order chi connectivity index (χ0) is 8.41. The lowest BCUT2D eigenvalue weighted by Crippen LogP contribution is -2.30. The van der Waals surface area contributed by atoms with Gasteiger partial charge < -0.3 is 0 Å². The van der Waals surface area contributed by atoms with Crippen LogP contribution >= 0.6 is 0 Å². The second-order valence-corrected chi connectivity index (χ2v) is 5.78. The Bertz CT molecular complexity index is 286. The Labute approximate surface area is 60.5 Å². The van der Waals surface area contributed by atoms with Gasteiger partial charge in [0, 0.05) is 0 Å². The van der Waals surface area contributed by atoms with Gasteiger partial charge in [0.15, 0.2) is 0 Å². The first-order valence-corrected chi connectivity index (χ1v) is 6.02. The lowest BCUT2D eigenvalue weighted by atomic mass is 11.0. The molecule has 0 aliphatic rings. The van der Waals surface area contributed by atoms with Crippen molar-refractivity contribution in [2.75, 3.05) is 12.0 Å². The van der Waals surface area contributed by atoms with Crippen LogP contribution in [0.25, 0.3) is 0 Å². The Hall–Kier alpha value is -0.140. The highest BCUT2D eigenvalue weighted by atomic mass is 32.3. The van der Waals surface area contributed by atoms with E-state index in [0.29, 0.717) is 0 Å². The van der Waals surface area contributed by atoms with Gasteiger partial charge in [-0.1, -0.05) is 0 Å². The van der Waals surface area contributed by atoms with Gasteiger partial charge in [-0.25, -0.2) is 16.8 Å². The molecule has 5 nitrogen and oxygen atoms in total. The van der Waals surface area contributed by atoms with Crippen LogP contribution in [0.3, 0.4) is 0 Å². The summed E-state index contributed by atoms with van der Waals surface area (Å²) in [6.45, 7) is 1.35. The van der Waals surface area contributed by atoms with E-state index in [0.717, 1.165) is 6.26 Å². The van der Waals surface area contributed by atoms with E-state index in [2.05, 4.69) is 0 Å². The van der Waals surface area contributed by atoms with E-state index < -0.39 is 20.0 Å². The van der Waals surface area contributed by atoms with E-state index in [-0.39, 0.29) is 5.75 Å². The second kappa shape index (κ2) is 2.85. The molecule has 0 fully saturated rings. The van der Waals surface area contributed by atoms with Gasteiger partial charge in [-0.3, -0.25) is 0 Å². The monoisotopic (exact) mass is 187 g/mol. The van der Waals surface area contributed by atoms with Gasteiger partial charge >= 0.3 is 0 Å². The number of hydrogen-bond donors (Lipinski definition) is 1. The Kier molecular flexibility index (Phi) is 2.81. The maximum absolute atomic E-state index is 10.5. The standard InChI is InChI=1S/C3H9NO4S2/c1-3-10(7,8)4-9(2,5)6/h4H,3H2,1-2H3. The van der Waals surface area contributed by atoms with Crippen LogP contribution < -0.4 is 4.13 Å². The fourth-order valence-corrected chi connectivity index (χ4v) is 2.61. The van der Waals surface area contributed by atoms with Crippen molar-refractivity contribution in [1.29, 1.82) is 0 Å². The molecule has 0 aliphatic heterocycles. The summed E-state index contributed by atoms with van der Waals surface area (Å²) in [5, 5.41) is 0. The summed E-state index contributed by atoms with van der Waals surface area (Å²) in [5.41, 5.74) is 0. The third kappa shape index (κ3) is 4.71. The van der Waals surface area contributed by atoms with Crippen LogP contribution in [0.4, 0.5) is 0 Å². The highest BCUT2D eigenvalue weighted by Crippen LogP contribution is 1.85. The van der Waals surface area contributed by atoms with Crippen LogP contribution in [-0.4, -0.2) is 28.8 Å². The van der Waals surface area contributed by atoms with Gasteiger partial charge in [-0.05, 0) is 6.92 Å². The third-order valence-electron chi connectivity index (χ3n) is 0.658. The molecule has 0 rings (SSSR count). The maximum Gasteiger partial charge on any atom is 0.224 e. The van der Waals surface area contributed by atoms with E-state index in [1.165, 1.54) is 11.1 Å². The molecule has 0 bridgehead atoms. The summed E-state index contributed by atoms with van der Waals surface area (Å²) in [6, 6.07) is 0.